The first-order valence-electron chi connectivity index (χ1n) is 12.5. The van der Waals surface area contributed by atoms with Gasteiger partial charge in [0.05, 0.1) is 24.6 Å². The van der Waals surface area contributed by atoms with E-state index in [0.29, 0.717) is 36.8 Å². The normalized spacial score (nSPS) is 14.8. The van der Waals surface area contributed by atoms with Crippen molar-refractivity contribution in [3.63, 3.8) is 0 Å². The molecule has 1 aliphatic heterocycles. The summed E-state index contributed by atoms with van der Waals surface area (Å²) in [5, 5.41) is 8.97. The Morgan fingerprint density at radius 1 is 0.974 bits per heavy atom. The molecule has 3 aromatic carbocycles. The van der Waals surface area contributed by atoms with E-state index < -0.39 is 6.04 Å². The molecule has 0 aliphatic carbocycles. The van der Waals surface area contributed by atoms with Gasteiger partial charge in [0.25, 0.3) is 0 Å². The summed E-state index contributed by atoms with van der Waals surface area (Å²) in [5.74, 6) is -0.914. The zero-order valence-corrected chi connectivity index (χ0v) is 21.0. The largest absolute Gasteiger partial charge is 0.397 e. The fraction of sp³-hybridized carbons (Fsp3) is 0.241. The molecule has 0 spiro atoms. The number of nitrogens with two attached hydrogens (primary N) is 1. The van der Waals surface area contributed by atoms with Crippen LogP contribution in [0, 0.1) is 5.82 Å². The molecular weight excluding hydrogens is 485 g/mol. The molecule has 0 aromatic heterocycles. The van der Waals surface area contributed by atoms with Gasteiger partial charge in [-0.05, 0) is 53.6 Å². The standard InChI is InChI=1S/C29H32FN5O3/c30-23-10-12-24(13-11-23)33-29(37)28(32-15-16-35-17-19-38-20-18-35)22-8-5-21(6-9-22)7-14-27(36)34-26-4-2-1-3-25(26)31/h1-14,28,32H,15-20,31H2,(H,33,37)(H,34,36)/b14-7+. The van der Waals surface area contributed by atoms with Gasteiger partial charge in [-0.3, -0.25) is 14.5 Å². The van der Waals surface area contributed by atoms with E-state index in [-0.39, 0.29) is 17.6 Å². The lowest BCUT2D eigenvalue weighted by molar-refractivity contribution is -0.118. The van der Waals surface area contributed by atoms with Gasteiger partial charge in [-0.25, -0.2) is 4.39 Å². The van der Waals surface area contributed by atoms with Gasteiger partial charge in [-0.2, -0.15) is 0 Å². The van der Waals surface area contributed by atoms with Crippen LogP contribution in [0.25, 0.3) is 6.08 Å². The van der Waals surface area contributed by atoms with Crippen molar-refractivity contribution in [2.75, 3.05) is 55.8 Å². The summed E-state index contributed by atoms with van der Waals surface area (Å²) in [6.07, 6.45) is 3.12. The number of rotatable bonds is 10. The molecule has 1 fully saturated rings. The van der Waals surface area contributed by atoms with Gasteiger partial charge in [0, 0.05) is 37.9 Å². The molecule has 38 heavy (non-hydrogen) atoms. The number of morpholine rings is 1. The predicted octanol–water partition coefficient (Wildman–Crippen LogP) is 3.66. The Morgan fingerprint density at radius 3 is 2.39 bits per heavy atom. The highest BCUT2D eigenvalue weighted by Crippen LogP contribution is 2.19. The minimum Gasteiger partial charge on any atom is -0.397 e. The van der Waals surface area contributed by atoms with Crippen molar-refractivity contribution in [1.29, 1.82) is 0 Å². The quantitative estimate of drug-likeness (QED) is 0.242. The van der Waals surface area contributed by atoms with Gasteiger partial charge in [0.15, 0.2) is 0 Å². The highest BCUT2D eigenvalue weighted by Gasteiger charge is 2.21. The lowest BCUT2D eigenvalue weighted by atomic mass is 10.0. The van der Waals surface area contributed by atoms with Crippen LogP contribution in [-0.2, 0) is 14.3 Å². The Balaban J connectivity index is 1.41. The summed E-state index contributed by atoms with van der Waals surface area (Å²) in [5.41, 5.74) is 9.00. The number of nitrogens with zero attached hydrogens (tertiary/aromatic N) is 1. The minimum atomic E-state index is -0.622. The molecule has 1 atom stereocenters. The Morgan fingerprint density at radius 2 is 1.68 bits per heavy atom. The number of ether oxygens (including phenoxy) is 1. The number of para-hydroxylation sites is 2. The molecule has 2 amide bonds. The smallest absolute Gasteiger partial charge is 0.248 e. The second-order valence-corrected chi connectivity index (χ2v) is 8.91. The van der Waals surface area contributed by atoms with Gasteiger partial charge in [0.2, 0.25) is 11.8 Å². The van der Waals surface area contributed by atoms with Crippen molar-refractivity contribution in [1.82, 2.24) is 10.2 Å². The minimum absolute atomic E-state index is 0.248. The first kappa shape index (κ1) is 27.0. The van der Waals surface area contributed by atoms with E-state index in [1.165, 1.54) is 30.3 Å². The summed E-state index contributed by atoms with van der Waals surface area (Å²) in [4.78, 5) is 27.8. The molecule has 9 heteroatoms. The number of hydrogen-bond acceptors (Lipinski definition) is 6. The van der Waals surface area contributed by atoms with Crippen molar-refractivity contribution >= 4 is 35.0 Å². The lowest BCUT2D eigenvalue weighted by Crippen LogP contribution is -2.42. The summed E-state index contributed by atoms with van der Waals surface area (Å²) < 4.78 is 18.7. The SMILES string of the molecule is Nc1ccccc1NC(=O)/C=C/c1ccc(C(NCCN2CCOCC2)C(=O)Nc2ccc(F)cc2)cc1. The number of hydrogen-bond donors (Lipinski definition) is 4. The van der Waals surface area contributed by atoms with Crippen LogP contribution in [-0.4, -0.2) is 56.1 Å². The monoisotopic (exact) mass is 517 g/mol. The maximum atomic E-state index is 13.3. The second kappa shape index (κ2) is 13.5. The molecule has 198 valence electrons. The van der Waals surface area contributed by atoms with Crippen molar-refractivity contribution in [3.8, 4) is 0 Å². The van der Waals surface area contributed by atoms with Crippen molar-refractivity contribution < 1.29 is 18.7 Å². The molecule has 8 nitrogen and oxygen atoms in total. The van der Waals surface area contributed by atoms with Crippen molar-refractivity contribution in [2.24, 2.45) is 0 Å². The third-order valence-corrected chi connectivity index (χ3v) is 6.17. The fourth-order valence-electron chi connectivity index (χ4n) is 4.06. The Labute approximate surface area is 221 Å². The zero-order chi connectivity index (χ0) is 26.7. The number of halogens is 1. The molecule has 5 N–H and O–H groups in total. The molecule has 3 aromatic rings. The van der Waals surface area contributed by atoms with Crippen molar-refractivity contribution in [3.05, 3.63) is 95.8 Å². The van der Waals surface area contributed by atoms with E-state index >= 15 is 0 Å². The highest BCUT2D eigenvalue weighted by atomic mass is 19.1. The van der Waals surface area contributed by atoms with Gasteiger partial charge >= 0.3 is 0 Å². The second-order valence-electron chi connectivity index (χ2n) is 8.91. The van der Waals surface area contributed by atoms with Crippen LogP contribution in [0.15, 0.2) is 78.9 Å². The fourth-order valence-corrected chi connectivity index (χ4v) is 4.06. The molecule has 0 radical (unpaired) electrons. The molecular formula is C29H32FN5O3. The first-order chi connectivity index (χ1) is 18.5. The predicted molar refractivity (Wildman–Crippen MR) is 148 cm³/mol. The number of benzene rings is 3. The lowest BCUT2D eigenvalue weighted by Gasteiger charge is -2.27. The van der Waals surface area contributed by atoms with Crippen LogP contribution < -0.4 is 21.7 Å². The van der Waals surface area contributed by atoms with E-state index in [4.69, 9.17) is 10.5 Å². The third kappa shape index (κ3) is 7.97. The molecule has 4 rings (SSSR count). The third-order valence-electron chi connectivity index (χ3n) is 6.17. The highest BCUT2D eigenvalue weighted by molar-refractivity contribution is 6.03. The van der Waals surface area contributed by atoms with Gasteiger partial charge in [0.1, 0.15) is 11.9 Å². The molecule has 1 heterocycles. The van der Waals surface area contributed by atoms with Gasteiger partial charge in [-0.15, -0.1) is 0 Å². The number of carbonyl (C=O) groups excluding carboxylic acids is 2. The summed E-state index contributed by atoms with van der Waals surface area (Å²) in [6.45, 7) is 4.52. The molecule has 1 saturated heterocycles. The maximum absolute atomic E-state index is 13.3. The van der Waals surface area contributed by atoms with Gasteiger partial charge < -0.3 is 26.4 Å². The topological polar surface area (TPSA) is 109 Å². The Bertz CT molecular complexity index is 1240. The number of nitrogens with one attached hydrogen (secondary N) is 3. The Kier molecular flexibility index (Phi) is 9.58. The average Bonchev–Trinajstić information content (AvgIpc) is 2.93. The first-order valence-corrected chi connectivity index (χ1v) is 12.5. The van der Waals surface area contributed by atoms with Crippen molar-refractivity contribution in [2.45, 2.75) is 6.04 Å². The summed E-state index contributed by atoms with van der Waals surface area (Å²) in [6, 6.07) is 19.5. The van der Waals surface area contributed by atoms with E-state index in [0.717, 1.165) is 30.8 Å². The van der Waals surface area contributed by atoms with Crippen LogP contribution in [0.1, 0.15) is 17.2 Å². The van der Waals surface area contributed by atoms with E-state index in [1.54, 1.807) is 30.3 Å². The summed E-state index contributed by atoms with van der Waals surface area (Å²) >= 11 is 0. The number of amides is 2. The molecule has 0 bridgehead atoms. The zero-order valence-electron chi connectivity index (χ0n) is 21.0. The summed E-state index contributed by atoms with van der Waals surface area (Å²) in [7, 11) is 0. The number of nitrogen functional groups attached to an aromatic ring is 1. The molecule has 0 saturated carbocycles. The maximum Gasteiger partial charge on any atom is 0.248 e. The van der Waals surface area contributed by atoms with Crippen LogP contribution in [0.4, 0.5) is 21.5 Å². The van der Waals surface area contributed by atoms with E-state index in [1.807, 2.05) is 24.3 Å². The molecule has 1 unspecified atom stereocenters. The van der Waals surface area contributed by atoms with Crippen LogP contribution in [0.5, 0.6) is 0 Å². The van der Waals surface area contributed by atoms with E-state index in [2.05, 4.69) is 20.9 Å². The number of anilines is 3. The van der Waals surface area contributed by atoms with Crippen LogP contribution in [0.2, 0.25) is 0 Å². The van der Waals surface area contributed by atoms with E-state index in [9.17, 15) is 14.0 Å². The Hall–Kier alpha value is -4.05. The van der Waals surface area contributed by atoms with Crippen LogP contribution >= 0.6 is 0 Å². The van der Waals surface area contributed by atoms with Gasteiger partial charge in [-0.1, -0.05) is 36.4 Å². The van der Waals surface area contributed by atoms with Crippen LogP contribution in [0.3, 0.4) is 0 Å². The average molecular weight is 518 g/mol. The molecule has 1 aliphatic rings. The number of carbonyl (C=O) groups is 2.